The van der Waals surface area contributed by atoms with Crippen LogP contribution >= 0.6 is 11.6 Å². The van der Waals surface area contributed by atoms with E-state index >= 15 is 0 Å². The number of rotatable bonds is 7. The number of esters is 1. The Morgan fingerprint density at radius 1 is 1.31 bits per heavy atom. The van der Waals surface area contributed by atoms with Gasteiger partial charge in [-0.25, -0.2) is 4.79 Å². The van der Waals surface area contributed by atoms with E-state index in [-0.39, 0.29) is 34.5 Å². The van der Waals surface area contributed by atoms with Crippen LogP contribution in [0.2, 0.25) is 5.02 Å². The van der Waals surface area contributed by atoms with E-state index < -0.39 is 17.9 Å². The Morgan fingerprint density at radius 3 is 2.76 bits per heavy atom. The second-order valence-corrected chi connectivity index (χ2v) is 6.69. The molecule has 29 heavy (non-hydrogen) atoms. The smallest absolute Gasteiger partial charge is 0.328 e. The Balaban J connectivity index is 1.84. The van der Waals surface area contributed by atoms with Crippen molar-refractivity contribution in [3.8, 4) is 0 Å². The molecule has 1 amide bonds. The molecule has 0 saturated carbocycles. The fourth-order valence-corrected chi connectivity index (χ4v) is 3.26. The minimum Gasteiger partial charge on any atom is -0.733 e. The van der Waals surface area contributed by atoms with Gasteiger partial charge in [-0.15, -0.1) is 0 Å². The lowest BCUT2D eigenvalue weighted by molar-refractivity contribution is -0.145. The summed E-state index contributed by atoms with van der Waals surface area (Å²) in [6.07, 6.45) is 2.00. The molecule has 1 unspecified atom stereocenters. The Hall–Kier alpha value is -3.07. The number of para-hydroxylation sites is 1. The average molecular weight is 417 g/mol. The minimum absolute atomic E-state index is 0.0374. The number of aromatic amines is 1. The van der Waals surface area contributed by atoms with Gasteiger partial charge in [-0.3, -0.25) is 10.0 Å². The van der Waals surface area contributed by atoms with E-state index in [0.29, 0.717) is 0 Å². The van der Waals surface area contributed by atoms with Crippen molar-refractivity contribution in [3.05, 3.63) is 70.0 Å². The zero-order chi connectivity index (χ0) is 21.0. The summed E-state index contributed by atoms with van der Waals surface area (Å²) in [5, 5.41) is 23.1. The van der Waals surface area contributed by atoms with Crippen molar-refractivity contribution in [1.82, 2.24) is 10.3 Å². The molecule has 1 atom stereocenters. The van der Waals surface area contributed by atoms with E-state index in [9.17, 15) is 14.8 Å². The maximum absolute atomic E-state index is 12.7. The Morgan fingerprint density at radius 2 is 2.07 bits per heavy atom. The van der Waals surface area contributed by atoms with Crippen LogP contribution in [0.1, 0.15) is 22.8 Å². The first-order valence-corrected chi connectivity index (χ1v) is 9.26. The van der Waals surface area contributed by atoms with Crippen LogP contribution in [0.5, 0.6) is 0 Å². The third-order valence-corrected chi connectivity index (χ3v) is 4.71. The highest BCUT2D eigenvalue weighted by atomic mass is 35.5. The number of hydrogen-bond donors (Lipinski definition) is 3. The fourth-order valence-electron chi connectivity index (χ4n) is 3.00. The molecule has 3 aromatic rings. The number of anilines is 1. The first kappa shape index (κ1) is 20.7. The summed E-state index contributed by atoms with van der Waals surface area (Å²) in [5.74, 6) is -1.17. The van der Waals surface area contributed by atoms with Crippen LogP contribution in [0.4, 0.5) is 5.69 Å². The predicted octanol–water partition coefficient (Wildman–Crippen LogP) is 3.42. The Bertz CT molecular complexity index is 1030. The molecular formula is C20H19ClN3O5-. The summed E-state index contributed by atoms with van der Waals surface area (Å²) in [6, 6.07) is 10.4. The van der Waals surface area contributed by atoms with Gasteiger partial charge in [0.2, 0.25) is 0 Å². The van der Waals surface area contributed by atoms with Crippen LogP contribution in [0.25, 0.3) is 10.9 Å². The number of fused-ring (bicyclic) bond motifs is 1. The van der Waals surface area contributed by atoms with Crippen LogP contribution in [0.15, 0.2) is 48.7 Å². The molecule has 2 aromatic carbocycles. The number of ether oxygens (including phenoxy) is 1. The van der Waals surface area contributed by atoms with Gasteiger partial charge in [0.25, 0.3) is 5.91 Å². The van der Waals surface area contributed by atoms with Crippen molar-refractivity contribution < 1.29 is 19.5 Å². The molecule has 152 valence electrons. The second-order valence-electron chi connectivity index (χ2n) is 6.28. The van der Waals surface area contributed by atoms with Gasteiger partial charge in [-0.2, -0.15) is 0 Å². The summed E-state index contributed by atoms with van der Waals surface area (Å²) in [7, 11) is 0. The van der Waals surface area contributed by atoms with Crippen molar-refractivity contribution in [2.75, 3.05) is 11.8 Å². The van der Waals surface area contributed by atoms with Crippen molar-refractivity contribution in [2.24, 2.45) is 0 Å². The molecule has 0 spiro atoms. The summed E-state index contributed by atoms with van der Waals surface area (Å²) < 4.78 is 5.10. The van der Waals surface area contributed by atoms with Crippen LogP contribution < -0.4 is 10.5 Å². The molecule has 3 rings (SSSR count). The normalized spacial score (nSPS) is 11.9. The summed E-state index contributed by atoms with van der Waals surface area (Å²) in [4.78, 5) is 28.3. The number of carbonyl (C=O) groups is 2. The Labute approximate surface area is 171 Å². The summed E-state index contributed by atoms with van der Waals surface area (Å²) >= 11 is 6.05. The number of hydrogen-bond acceptors (Lipinski definition) is 6. The number of carbonyl (C=O) groups excluding carboxylic acids is 2. The van der Waals surface area contributed by atoms with Crippen molar-refractivity contribution in [1.29, 1.82) is 0 Å². The molecule has 0 fully saturated rings. The van der Waals surface area contributed by atoms with Crippen LogP contribution in [0, 0.1) is 5.21 Å². The van der Waals surface area contributed by atoms with Crippen LogP contribution in [-0.4, -0.2) is 34.7 Å². The second kappa shape index (κ2) is 8.95. The molecule has 0 saturated heterocycles. The number of benzene rings is 2. The third-order valence-electron chi connectivity index (χ3n) is 4.39. The molecule has 8 nitrogen and oxygen atoms in total. The molecule has 0 aliphatic rings. The van der Waals surface area contributed by atoms with Crippen LogP contribution in [-0.2, 0) is 16.0 Å². The number of H-pyrrole nitrogens is 1. The zero-order valence-corrected chi connectivity index (χ0v) is 16.3. The van der Waals surface area contributed by atoms with E-state index in [0.717, 1.165) is 22.5 Å². The lowest BCUT2D eigenvalue weighted by Crippen LogP contribution is -2.43. The SMILES string of the molecule is CCOC(=O)C(Cc1c[nH]c2ccccc12)NC(=O)c1ccc(N([O-])O)cc1Cl. The largest absolute Gasteiger partial charge is 0.733 e. The van der Waals surface area contributed by atoms with Gasteiger partial charge in [0, 0.05) is 23.5 Å². The van der Waals surface area contributed by atoms with Gasteiger partial charge in [0.05, 0.1) is 22.9 Å². The standard InChI is InChI=1S/C20H19ClN3O5/c1-2-29-20(26)18(9-12-11-22-17-6-4-3-5-14(12)17)23-19(25)15-8-7-13(24(27)28)10-16(15)21/h3-8,10-11,18,22,27H,2,9H2,1H3,(H,23,25)/q-1. The van der Waals surface area contributed by atoms with Gasteiger partial charge in [0.1, 0.15) is 6.04 Å². The maximum Gasteiger partial charge on any atom is 0.328 e. The highest BCUT2D eigenvalue weighted by Gasteiger charge is 2.25. The molecule has 0 aliphatic heterocycles. The predicted molar refractivity (Wildman–Crippen MR) is 109 cm³/mol. The van der Waals surface area contributed by atoms with Gasteiger partial charge < -0.3 is 25.5 Å². The quantitative estimate of drug-likeness (QED) is 0.401. The molecule has 9 heteroatoms. The fraction of sp³-hybridized carbons (Fsp3) is 0.200. The van der Waals surface area contributed by atoms with E-state index in [1.54, 1.807) is 13.1 Å². The topological polar surface area (TPSA) is 118 Å². The number of halogens is 1. The van der Waals surface area contributed by atoms with Crippen molar-refractivity contribution in [3.63, 3.8) is 0 Å². The number of nitrogens with one attached hydrogen (secondary N) is 2. The lowest BCUT2D eigenvalue weighted by atomic mass is 10.0. The maximum atomic E-state index is 12.7. The lowest BCUT2D eigenvalue weighted by Gasteiger charge is -2.22. The zero-order valence-electron chi connectivity index (χ0n) is 15.5. The molecular weight excluding hydrogens is 398 g/mol. The number of nitrogens with zero attached hydrogens (tertiary/aromatic N) is 1. The molecule has 0 radical (unpaired) electrons. The average Bonchev–Trinajstić information content (AvgIpc) is 3.10. The van der Waals surface area contributed by atoms with Crippen LogP contribution in [0.3, 0.4) is 0 Å². The molecule has 1 aromatic heterocycles. The third kappa shape index (κ3) is 4.68. The molecule has 0 aliphatic carbocycles. The minimum atomic E-state index is -0.939. The highest BCUT2D eigenvalue weighted by molar-refractivity contribution is 6.34. The molecule has 0 bridgehead atoms. The number of amides is 1. The van der Waals surface area contributed by atoms with E-state index in [1.165, 1.54) is 12.1 Å². The highest BCUT2D eigenvalue weighted by Crippen LogP contribution is 2.23. The van der Waals surface area contributed by atoms with Crippen molar-refractivity contribution in [2.45, 2.75) is 19.4 Å². The van der Waals surface area contributed by atoms with E-state index in [2.05, 4.69) is 10.3 Å². The van der Waals surface area contributed by atoms with Gasteiger partial charge >= 0.3 is 5.97 Å². The van der Waals surface area contributed by atoms with E-state index in [1.807, 2.05) is 24.3 Å². The van der Waals surface area contributed by atoms with Gasteiger partial charge in [-0.05, 0) is 36.8 Å². The monoisotopic (exact) mass is 416 g/mol. The van der Waals surface area contributed by atoms with Gasteiger partial charge in [0.15, 0.2) is 0 Å². The van der Waals surface area contributed by atoms with E-state index in [4.69, 9.17) is 21.5 Å². The Kier molecular flexibility index (Phi) is 6.38. The first-order valence-electron chi connectivity index (χ1n) is 8.89. The number of aromatic nitrogens is 1. The van der Waals surface area contributed by atoms with Crippen molar-refractivity contribution >= 4 is 40.1 Å². The first-order chi connectivity index (χ1) is 13.9. The molecule has 1 heterocycles. The summed E-state index contributed by atoms with van der Waals surface area (Å²) in [6.45, 7) is 1.85. The van der Waals surface area contributed by atoms with Gasteiger partial charge in [-0.1, -0.05) is 29.8 Å². The summed E-state index contributed by atoms with van der Waals surface area (Å²) in [5.41, 5.74) is 1.71. The molecule has 3 N–H and O–H groups in total.